The SMILES string of the molecule is CCC(C)NC(=O)C(CC)N(Cc1ccc(Cl)c(Cl)c1)C(=O)CCCN(c1ccc(C)c(C)c1)S(C)(=O)=O. The third kappa shape index (κ3) is 8.89. The first-order valence-electron chi connectivity index (χ1n) is 12.9. The number of amides is 2. The van der Waals surface area contributed by atoms with Crippen LogP contribution in [-0.4, -0.2) is 50.0 Å². The summed E-state index contributed by atoms with van der Waals surface area (Å²) in [5.74, 6) is -0.459. The van der Waals surface area contributed by atoms with Crippen molar-refractivity contribution in [3.63, 3.8) is 0 Å². The van der Waals surface area contributed by atoms with E-state index >= 15 is 0 Å². The zero-order valence-corrected chi connectivity index (χ0v) is 25.4. The molecule has 0 saturated carbocycles. The van der Waals surface area contributed by atoms with Crippen LogP contribution in [0, 0.1) is 13.8 Å². The highest BCUT2D eigenvalue weighted by Crippen LogP contribution is 2.25. The van der Waals surface area contributed by atoms with Crippen molar-refractivity contribution in [1.82, 2.24) is 10.2 Å². The summed E-state index contributed by atoms with van der Waals surface area (Å²) in [6, 6.07) is 9.91. The van der Waals surface area contributed by atoms with Crippen molar-refractivity contribution in [3.8, 4) is 0 Å². The number of carbonyl (C=O) groups is 2. The van der Waals surface area contributed by atoms with Crippen LogP contribution in [0.2, 0.25) is 10.0 Å². The number of hydrogen-bond acceptors (Lipinski definition) is 4. The van der Waals surface area contributed by atoms with E-state index in [-0.39, 0.29) is 37.4 Å². The van der Waals surface area contributed by atoms with E-state index in [2.05, 4.69) is 5.32 Å². The van der Waals surface area contributed by atoms with Gasteiger partial charge in [0.1, 0.15) is 6.04 Å². The lowest BCUT2D eigenvalue weighted by Gasteiger charge is -2.32. The molecule has 7 nitrogen and oxygen atoms in total. The van der Waals surface area contributed by atoms with Gasteiger partial charge in [-0.15, -0.1) is 0 Å². The predicted octanol–water partition coefficient (Wildman–Crippen LogP) is 5.88. The molecule has 2 unspecified atom stereocenters. The zero-order valence-electron chi connectivity index (χ0n) is 23.1. The average molecular weight is 585 g/mol. The van der Waals surface area contributed by atoms with E-state index in [1.54, 1.807) is 29.2 Å². The van der Waals surface area contributed by atoms with E-state index in [9.17, 15) is 18.0 Å². The van der Waals surface area contributed by atoms with E-state index in [0.717, 1.165) is 29.4 Å². The molecule has 0 aliphatic rings. The lowest BCUT2D eigenvalue weighted by Crippen LogP contribution is -2.50. The van der Waals surface area contributed by atoms with Crippen molar-refractivity contribution < 1.29 is 18.0 Å². The molecule has 0 saturated heterocycles. The van der Waals surface area contributed by atoms with Crippen LogP contribution < -0.4 is 9.62 Å². The Morgan fingerprint density at radius 3 is 2.21 bits per heavy atom. The number of benzene rings is 2. The van der Waals surface area contributed by atoms with Gasteiger partial charge in [-0.3, -0.25) is 13.9 Å². The van der Waals surface area contributed by atoms with E-state index in [1.165, 1.54) is 4.31 Å². The highest BCUT2D eigenvalue weighted by Gasteiger charge is 2.29. The van der Waals surface area contributed by atoms with Gasteiger partial charge in [0.05, 0.1) is 22.0 Å². The third-order valence-electron chi connectivity index (χ3n) is 6.65. The van der Waals surface area contributed by atoms with Crippen LogP contribution in [0.15, 0.2) is 36.4 Å². The Kier molecular flexibility index (Phi) is 11.9. The number of nitrogens with one attached hydrogen (secondary N) is 1. The maximum Gasteiger partial charge on any atom is 0.243 e. The van der Waals surface area contributed by atoms with Crippen LogP contribution in [0.25, 0.3) is 0 Å². The van der Waals surface area contributed by atoms with Crippen LogP contribution in [0.5, 0.6) is 0 Å². The summed E-state index contributed by atoms with van der Waals surface area (Å²) in [6.45, 7) is 9.97. The molecule has 2 aromatic carbocycles. The Balaban J connectivity index is 2.27. The van der Waals surface area contributed by atoms with E-state index in [4.69, 9.17) is 23.2 Å². The molecule has 0 aliphatic carbocycles. The molecule has 0 aliphatic heterocycles. The minimum atomic E-state index is -3.56. The van der Waals surface area contributed by atoms with Crippen LogP contribution in [0.1, 0.15) is 63.1 Å². The maximum absolute atomic E-state index is 13.5. The molecule has 210 valence electrons. The summed E-state index contributed by atoms with van der Waals surface area (Å²) in [7, 11) is -3.56. The van der Waals surface area contributed by atoms with Crippen molar-refractivity contribution >= 4 is 50.7 Å². The molecule has 10 heteroatoms. The monoisotopic (exact) mass is 583 g/mol. The highest BCUT2D eigenvalue weighted by molar-refractivity contribution is 7.92. The van der Waals surface area contributed by atoms with Crippen LogP contribution in [0.3, 0.4) is 0 Å². The summed E-state index contributed by atoms with van der Waals surface area (Å²) in [4.78, 5) is 28.2. The summed E-state index contributed by atoms with van der Waals surface area (Å²) >= 11 is 12.3. The van der Waals surface area contributed by atoms with Crippen LogP contribution >= 0.6 is 23.2 Å². The first-order valence-corrected chi connectivity index (χ1v) is 15.5. The summed E-state index contributed by atoms with van der Waals surface area (Å²) in [5, 5.41) is 3.75. The van der Waals surface area contributed by atoms with Gasteiger partial charge in [-0.25, -0.2) is 8.42 Å². The Hall–Kier alpha value is -2.29. The molecule has 1 N–H and O–H groups in total. The second kappa shape index (κ2) is 14.2. The summed E-state index contributed by atoms with van der Waals surface area (Å²) < 4.78 is 26.5. The number of nitrogens with zero attached hydrogens (tertiary/aromatic N) is 2. The smallest absolute Gasteiger partial charge is 0.243 e. The van der Waals surface area contributed by atoms with E-state index < -0.39 is 16.1 Å². The third-order valence-corrected chi connectivity index (χ3v) is 8.59. The van der Waals surface area contributed by atoms with Gasteiger partial charge in [0.2, 0.25) is 21.8 Å². The molecular weight excluding hydrogens is 545 g/mol. The van der Waals surface area contributed by atoms with Gasteiger partial charge in [-0.1, -0.05) is 49.2 Å². The maximum atomic E-state index is 13.5. The first kappa shape index (κ1) is 31.9. The molecule has 2 atom stereocenters. The fraction of sp³-hybridized carbons (Fsp3) is 0.500. The Morgan fingerprint density at radius 2 is 1.66 bits per heavy atom. The molecule has 0 spiro atoms. The summed E-state index contributed by atoms with van der Waals surface area (Å²) in [6.07, 6.45) is 2.72. The minimum Gasteiger partial charge on any atom is -0.352 e. The van der Waals surface area contributed by atoms with E-state index in [0.29, 0.717) is 28.6 Å². The minimum absolute atomic E-state index is 0.0280. The van der Waals surface area contributed by atoms with Gasteiger partial charge in [-0.2, -0.15) is 0 Å². The first-order chi connectivity index (χ1) is 17.8. The lowest BCUT2D eigenvalue weighted by atomic mass is 10.1. The van der Waals surface area contributed by atoms with Crippen molar-refractivity contribution in [3.05, 3.63) is 63.1 Å². The highest BCUT2D eigenvalue weighted by atomic mass is 35.5. The largest absolute Gasteiger partial charge is 0.352 e. The number of sulfonamides is 1. The van der Waals surface area contributed by atoms with Crippen molar-refractivity contribution in [2.75, 3.05) is 17.1 Å². The number of carbonyl (C=O) groups excluding carboxylic acids is 2. The number of rotatable bonds is 13. The molecule has 2 amide bonds. The quantitative estimate of drug-likeness (QED) is 0.319. The van der Waals surface area contributed by atoms with Crippen molar-refractivity contribution in [2.45, 2.75) is 78.9 Å². The van der Waals surface area contributed by atoms with Gasteiger partial charge in [-0.05, 0) is 81.0 Å². The second-order valence-corrected chi connectivity index (χ2v) is 12.4. The molecular formula is C28H39Cl2N3O4S. The number of anilines is 1. The standard InChI is InChI=1S/C28H39Cl2N3O4S/c1-7-21(5)31-28(35)26(8-2)32(18-22-12-14-24(29)25(30)17-22)27(34)10-9-15-33(38(6,36)37)23-13-11-19(3)20(4)16-23/h11-14,16-17,21,26H,7-10,15,18H2,1-6H3,(H,31,35). The van der Waals surface area contributed by atoms with Gasteiger partial charge >= 0.3 is 0 Å². The zero-order chi connectivity index (χ0) is 28.6. The number of aryl methyl sites for hydroxylation is 2. The fourth-order valence-corrected chi connectivity index (χ4v) is 5.36. The predicted molar refractivity (Wildman–Crippen MR) is 156 cm³/mol. The molecule has 2 rings (SSSR count). The van der Waals surface area contributed by atoms with Crippen molar-refractivity contribution in [2.24, 2.45) is 0 Å². The average Bonchev–Trinajstić information content (AvgIpc) is 2.84. The number of hydrogen-bond donors (Lipinski definition) is 1. The summed E-state index contributed by atoms with van der Waals surface area (Å²) in [5.41, 5.74) is 3.36. The molecule has 38 heavy (non-hydrogen) atoms. The molecule has 0 bridgehead atoms. The van der Waals surface area contributed by atoms with Crippen LogP contribution in [0.4, 0.5) is 5.69 Å². The van der Waals surface area contributed by atoms with Gasteiger partial charge in [0.15, 0.2) is 0 Å². The fourth-order valence-electron chi connectivity index (χ4n) is 4.08. The molecule has 2 aromatic rings. The lowest BCUT2D eigenvalue weighted by molar-refractivity contribution is -0.141. The Bertz CT molecular complexity index is 1240. The Labute approximate surface area is 237 Å². The topological polar surface area (TPSA) is 86.8 Å². The van der Waals surface area contributed by atoms with Crippen molar-refractivity contribution in [1.29, 1.82) is 0 Å². The molecule has 0 fully saturated rings. The van der Waals surface area contributed by atoms with Crippen LogP contribution in [-0.2, 0) is 26.2 Å². The number of halogens is 2. The molecule has 0 radical (unpaired) electrons. The molecule has 0 aromatic heterocycles. The molecule has 0 heterocycles. The van der Waals surface area contributed by atoms with Gasteiger partial charge in [0, 0.05) is 25.6 Å². The van der Waals surface area contributed by atoms with Gasteiger partial charge < -0.3 is 10.2 Å². The Morgan fingerprint density at radius 1 is 0.974 bits per heavy atom. The normalized spacial score (nSPS) is 13.1. The van der Waals surface area contributed by atoms with E-state index in [1.807, 2.05) is 46.8 Å². The second-order valence-electron chi connectivity index (χ2n) is 9.72. The van der Waals surface area contributed by atoms with Gasteiger partial charge in [0.25, 0.3) is 0 Å².